The average Bonchev–Trinajstić information content (AvgIpc) is 2.30. The molecular formula is C12H19N3. The number of aryl methyl sites for hydroxylation is 1. The monoisotopic (exact) mass is 205 g/mol. The maximum absolute atomic E-state index is 4.38. The number of hydrogen-bond donors (Lipinski definition) is 2. The first-order valence-electron chi connectivity index (χ1n) is 5.69. The molecule has 1 atom stereocenters. The zero-order chi connectivity index (χ0) is 10.7. The zero-order valence-corrected chi connectivity index (χ0v) is 9.51. The molecule has 3 nitrogen and oxygen atoms in total. The van der Waals surface area contributed by atoms with E-state index in [4.69, 9.17) is 0 Å². The maximum atomic E-state index is 4.38. The second-order valence-electron chi connectivity index (χ2n) is 4.18. The lowest BCUT2D eigenvalue weighted by molar-refractivity contribution is 0.410. The van der Waals surface area contributed by atoms with Crippen molar-refractivity contribution < 1.29 is 0 Å². The van der Waals surface area contributed by atoms with E-state index in [1.54, 1.807) is 0 Å². The van der Waals surface area contributed by atoms with E-state index in [1.807, 2.05) is 13.2 Å². The van der Waals surface area contributed by atoms with Gasteiger partial charge in [0.15, 0.2) is 0 Å². The van der Waals surface area contributed by atoms with Crippen LogP contribution in [-0.2, 0) is 0 Å². The third kappa shape index (κ3) is 2.29. The lowest BCUT2D eigenvalue weighted by Crippen LogP contribution is -2.27. The van der Waals surface area contributed by atoms with Gasteiger partial charge in [-0.05, 0) is 43.5 Å². The number of rotatable bonds is 2. The third-order valence-electron chi connectivity index (χ3n) is 3.09. The van der Waals surface area contributed by atoms with E-state index in [2.05, 4.69) is 28.6 Å². The van der Waals surface area contributed by atoms with Gasteiger partial charge in [-0.2, -0.15) is 0 Å². The molecule has 0 aromatic carbocycles. The molecule has 82 valence electrons. The summed E-state index contributed by atoms with van der Waals surface area (Å²) in [5.74, 6) is 0.951. The van der Waals surface area contributed by atoms with Crippen molar-refractivity contribution in [3.8, 4) is 0 Å². The van der Waals surface area contributed by atoms with E-state index in [0.29, 0.717) is 6.04 Å². The number of hydrogen-bond acceptors (Lipinski definition) is 3. The van der Waals surface area contributed by atoms with Crippen LogP contribution in [0.4, 0.5) is 5.82 Å². The standard InChI is InChI=1S/C12H19N3/c1-9-7-12(13-2)15-8-10(9)11-5-3-4-6-14-11/h7-8,11,14H,3-6H2,1-2H3,(H,13,15)/t11-/m0/s1. The first-order chi connectivity index (χ1) is 7.31. The molecule has 1 fully saturated rings. The van der Waals surface area contributed by atoms with Gasteiger partial charge in [0, 0.05) is 19.3 Å². The highest BCUT2D eigenvalue weighted by atomic mass is 15.0. The van der Waals surface area contributed by atoms with Gasteiger partial charge in [0.2, 0.25) is 0 Å². The predicted octanol–water partition coefficient (Wildman–Crippen LogP) is 2.25. The Morgan fingerprint density at radius 3 is 2.93 bits per heavy atom. The van der Waals surface area contributed by atoms with E-state index in [1.165, 1.54) is 30.4 Å². The molecule has 0 saturated carbocycles. The molecule has 3 heteroatoms. The summed E-state index contributed by atoms with van der Waals surface area (Å²) in [6.45, 7) is 3.30. The largest absolute Gasteiger partial charge is 0.373 e. The minimum atomic E-state index is 0.511. The van der Waals surface area contributed by atoms with Gasteiger partial charge >= 0.3 is 0 Å². The van der Waals surface area contributed by atoms with Crippen LogP contribution in [0, 0.1) is 6.92 Å². The fourth-order valence-corrected chi connectivity index (χ4v) is 2.19. The summed E-state index contributed by atoms with van der Waals surface area (Å²) in [5, 5.41) is 6.62. The lowest BCUT2D eigenvalue weighted by Gasteiger charge is -2.25. The second-order valence-corrected chi connectivity index (χ2v) is 4.18. The van der Waals surface area contributed by atoms with Gasteiger partial charge in [0.05, 0.1) is 0 Å². The molecule has 0 aliphatic carbocycles. The number of aromatic nitrogens is 1. The Labute approximate surface area is 91.3 Å². The average molecular weight is 205 g/mol. The van der Waals surface area contributed by atoms with Crippen LogP contribution in [0.1, 0.15) is 36.4 Å². The zero-order valence-electron chi connectivity index (χ0n) is 9.51. The van der Waals surface area contributed by atoms with Gasteiger partial charge in [0.1, 0.15) is 5.82 Å². The molecule has 1 saturated heterocycles. The summed E-state index contributed by atoms with van der Waals surface area (Å²) in [6, 6.07) is 2.63. The molecule has 1 aromatic heterocycles. The van der Waals surface area contributed by atoms with Crippen molar-refractivity contribution in [2.75, 3.05) is 18.9 Å². The Balaban J connectivity index is 2.19. The smallest absolute Gasteiger partial charge is 0.125 e. The van der Waals surface area contributed by atoms with E-state index in [9.17, 15) is 0 Å². The summed E-state index contributed by atoms with van der Waals surface area (Å²) < 4.78 is 0. The van der Waals surface area contributed by atoms with E-state index < -0.39 is 0 Å². The molecular weight excluding hydrogens is 186 g/mol. The van der Waals surface area contributed by atoms with Crippen LogP contribution in [0.15, 0.2) is 12.3 Å². The molecule has 2 N–H and O–H groups in total. The molecule has 0 bridgehead atoms. The second kappa shape index (κ2) is 4.62. The Kier molecular flexibility index (Phi) is 3.21. The Bertz CT molecular complexity index is 330. The molecule has 0 radical (unpaired) electrons. The van der Waals surface area contributed by atoms with Gasteiger partial charge in [0.25, 0.3) is 0 Å². The highest BCUT2D eigenvalue weighted by Gasteiger charge is 2.16. The first-order valence-corrected chi connectivity index (χ1v) is 5.69. The van der Waals surface area contributed by atoms with Crippen LogP contribution >= 0.6 is 0 Å². The van der Waals surface area contributed by atoms with Crippen LogP contribution in [0.2, 0.25) is 0 Å². The summed E-state index contributed by atoms with van der Waals surface area (Å²) >= 11 is 0. The molecule has 0 amide bonds. The van der Waals surface area contributed by atoms with Gasteiger partial charge in [-0.15, -0.1) is 0 Å². The summed E-state index contributed by atoms with van der Waals surface area (Å²) in [7, 11) is 1.90. The molecule has 1 aromatic rings. The SMILES string of the molecule is CNc1cc(C)c([C@@H]2CCCCN2)cn1. The minimum absolute atomic E-state index is 0.511. The maximum Gasteiger partial charge on any atom is 0.125 e. The summed E-state index contributed by atoms with van der Waals surface area (Å²) in [6.07, 6.45) is 5.87. The van der Waals surface area contributed by atoms with Gasteiger partial charge in [-0.1, -0.05) is 6.42 Å². The van der Waals surface area contributed by atoms with Crippen molar-refractivity contribution in [3.05, 3.63) is 23.4 Å². The number of nitrogens with zero attached hydrogens (tertiary/aromatic N) is 1. The number of anilines is 1. The number of piperidine rings is 1. The van der Waals surface area contributed by atoms with Gasteiger partial charge in [-0.3, -0.25) is 0 Å². The van der Waals surface area contributed by atoms with Crippen molar-refractivity contribution in [2.24, 2.45) is 0 Å². The van der Waals surface area contributed by atoms with Crippen LogP contribution in [0.25, 0.3) is 0 Å². The van der Waals surface area contributed by atoms with Gasteiger partial charge in [-0.25, -0.2) is 4.98 Å². The molecule has 2 heterocycles. The van der Waals surface area contributed by atoms with Crippen molar-refractivity contribution in [2.45, 2.75) is 32.2 Å². The van der Waals surface area contributed by atoms with Crippen molar-refractivity contribution >= 4 is 5.82 Å². The third-order valence-corrected chi connectivity index (χ3v) is 3.09. The van der Waals surface area contributed by atoms with Crippen molar-refractivity contribution in [1.82, 2.24) is 10.3 Å². The number of nitrogens with one attached hydrogen (secondary N) is 2. The molecule has 1 aliphatic rings. The fourth-order valence-electron chi connectivity index (χ4n) is 2.19. The topological polar surface area (TPSA) is 37.0 Å². The predicted molar refractivity (Wildman–Crippen MR) is 63.1 cm³/mol. The van der Waals surface area contributed by atoms with E-state index in [0.717, 1.165) is 12.4 Å². The quantitative estimate of drug-likeness (QED) is 0.777. The molecule has 2 rings (SSSR count). The lowest BCUT2D eigenvalue weighted by atomic mass is 9.96. The Hall–Kier alpha value is -1.09. The Morgan fingerprint density at radius 1 is 1.47 bits per heavy atom. The normalized spacial score (nSPS) is 21.3. The van der Waals surface area contributed by atoms with Gasteiger partial charge < -0.3 is 10.6 Å². The van der Waals surface area contributed by atoms with Crippen LogP contribution in [0.3, 0.4) is 0 Å². The molecule has 1 aliphatic heterocycles. The van der Waals surface area contributed by atoms with Crippen LogP contribution in [0.5, 0.6) is 0 Å². The highest BCUT2D eigenvalue weighted by molar-refractivity contribution is 5.41. The van der Waals surface area contributed by atoms with Crippen LogP contribution < -0.4 is 10.6 Å². The molecule has 15 heavy (non-hydrogen) atoms. The molecule has 0 unspecified atom stereocenters. The van der Waals surface area contributed by atoms with Crippen LogP contribution in [-0.4, -0.2) is 18.6 Å². The summed E-state index contributed by atoms with van der Waals surface area (Å²) in [4.78, 5) is 4.38. The van der Waals surface area contributed by atoms with E-state index in [-0.39, 0.29) is 0 Å². The number of pyridine rings is 1. The minimum Gasteiger partial charge on any atom is -0.373 e. The van der Waals surface area contributed by atoms with Crippen molar-refractivity contribution in [1.29, 1.82) is 0 Å². The summed E-state index contributed by atoms with van der Waals surface area (Å²) in [5.41, 5.74) is 2.68. The molecule has 0 spiro atoms. The highest BCUT2D eigenvalue weighted by Crippen LogP contribution is 2.25. The van der Waals surface area contributed by atoms with Crippen molar-refractivity contribution in [3.63, 3.8) is 0 Å². The van der Waals surface area contributed by atoms with E-state index >= 15 is 0 Å². The Morgan fingerprint density at radius 2 is 2.33 bits per heavy atom. The fraction of sp³-hybridized carbons (Fsp3) is 0.583. The first kappa shape index (κ1) is 10.4.